The fourth-order valence-corrected chi connectivity index (χ4v) is 3.77. The van der Waals surface area contributed by atoms with Crippen molar-refractivity contribution in [3.63, 3.8) is 0 Å². The lowest BCUT2D eigenvalue weighted by molar-refractivity contribution is 0.0955. The standard InChI is InChI=1S/C23H25FN2O4S/c1-15-19(16(2)30-26-15)13-29-21-9-8-17(12-22(21)28-3)23(27)25-10-11-31-14-18-6-4-5-7-20(18)24/h4-9,12H,10-11,13-14H2,1-3H3,(H,25,27). The summed E-state index contributed by atoms with van der Waals surface area (Å²) >= 11 is 1.56. The van der Waals surface area contributed by atoms with Gasteiger partial charge in [0.2, 0.25) is 0 Å². The molecule has 1 heterocycles. The highest BCUT2D eigenvalue weighted by Gasteiger charge is 2.14. The fraction of sp³-hybridized carbons (Fsp3) is 0.304. The van der Waals surface area contributed by atoms with Crippen molar-refractivity contribution in [2.45, 2.75) is 26.2 Å². The van der Waals surface area contributed by atoms with Crippen molar-refractivity contribution in [2.75, 3.05) is 19.4 Å². The Morgan fingerprint density at radius 3 is 2.71 bits per heavy atom. The molecule has 0 saturated carbocycles. The van der Waals surface area contributed by atoms with Crippen LogP contribution in [0.4, 0.5) is 4.39 Å². The number of amides is 1. The number of halogens is 1. The van der Waals surface area contributed by atoms with Gasteiger partial charge in [0.15, 0.2) is 11.5 Å². The van der Waals surface area contributed by atoms with Crippen LogP contribution < -0.4 is 14.8 Å². The highest BCUT2D eigenvalue weighted by molar-refractivity contribution is 7.98. The van der Waals surface area contributed by atoms with Crippen LogP contribution in [0.3, 0.4) is 0 Å². The van der Waals surface area contributed by atoms with Gasteiger partial charge in [0, 0.05) is 23.6 Å². The molecule has 0 spiro atoms. The van der Waals surface area contributed by atoms with E-state index in [4.69, 9.17) is 14.0 Å². The second kappa shape index (κ2) is 10.9. The van der Waals surface area contributed by atoms with Gasteiger partial charge < -0.3 is 19.3 Å². The van der Waals surface area contributed by atoms with Crippen LogP contribution in [0.15, 0.2) is 47.0 Å². The van der Waals surface area contributed by atoms with Crippen molar-refractivity contribution in [2.24, 2.45) is 0 Å². The third-order valence-electron chi connectivity index (χ3n) is 4.73. The lowest BCUT2D eigenvalue weighted by atomic mass is 10.2. The van der Waals surface area contributed by atoms with Gasteiger partial charge in [-0.15, -0.1) is 0 Å². The van der Waals surface area contributed by atoms with Crippen molar-refractivity contribution in [3.8, 4) is 11.5 Å². The molecule has 0 aliphatic carbocycles. The SMILES string of the molecule is COc1cc(C(=O)NCCSCc2ccccc2F)ccc1OCc1c(C)noc1C. The van der Waals surface area contributed by atoms with Crippen molar-refractivity contribution in [1.29, 1.82) is 0 Å². The number of ether oxygens (including phenoxy) is 2. The molecule has 31 heavy (non-hydrogen) atoms. The summed E-state index contributed by atoms with van der Waals surface area (Å²) in [7, 11) is 1.53. The molecule has 0 saturated heterocycles. The van der Waals surface area contributed by atoms with Crippen LogP contribution in [-0.4, -0.2) is 30.5 Å². The first-order valence-corrected chi connectivity index (χ1v) is 11.0. The summed E-state index contributed by atoms with van der Waals surface area (Å²) in [6.45, 7) is 4.46. The van der Waals surface area contributed by atoms with E-state index in [1.54, 1.807) is 42.1 Å². The molecule has 2 aromatic carbocycles. The molecule has 3 rings (SSSR count). The predicted molar refractivity (Wildman–Crippen MR) is 118 cm³/mol. The Bertz CT molecular complexity index is 1020. The normalized spacial score (nSPS) is 10.7. The largest absolute Gasteiger partial charge is 0.493 e. The number of hydrogen-bond donors (Lipinski definition) is 1. The zero-order valence-corrected chi connectivity index (χ0v) is 18.6. The first-order valence-electron chi connectivity index (χ1n) is 9.81. The smallest absolute Gasteiger partial charge is 0.251 e. The van der Waals surface area contributed by atoms with Gasteiger partial charge >= 0.3 is 0 Å². The third kappa shape index (κ3) is 6.01. The fourth-order valence-electron chi connectivity index (χ4n) is 2.92. The van der Waals surface area contributed by atoms with Crippen molar-refractivity contribution in [3.05, 3.63) is 76.4 Å². The maximum absolute atomic E-state index is 13.6. The van der Waals surface area contributed by atoms with Gasteiger partial charge in [-0.05, 0) is 43.7 Å². The van der Waals surface area contributed by atoms with E-state index >= 15 is 0 Å². The highest BCUT2D eigenvalue weighted by atomic mass is 32.2. The Labute approximate surface area is 185 Å². The molecule has 3 aromatic rings. The molecule has 1 aromatic heterocycles. The van der Waals surface area contributed by atoms with E-state index in [-0.39, 0.29) is 11.7 Å². The Hall–Kier alpha value is -3.00. The maximum Gasteiger partial charge on any atom is 0.251 e. The molecular weight excluding hydrogens is 419 g/mol. The molecule has 8 heteroatoms. The molecule has 164 valence electrons. The van der Waals surface area contributed by atoms with Gasteiger partial charge in [-0.2, -0.15) is 11.8 Å². The molecule has 0 aliphatic heterocycles. The van der Waals surface area contributed by atoms with Gasteiger partial charge in [-0.3, -0.25) is 4.79 Å². The summed E-state index contributed by atoms with van der Waals surface area (Å²) in [6, 6.07) is 11.7. The minimum atomic E-state index is -0.206. The molecule has 0 radical (unpaired) electrons. The quantitative estimate of drug-likeness (QED) is 0.458. The number of nitrogens with zero attached hydrogens (tertiary/aromatic N) is 1. The number of carbonyl (C=O) groups is 1. The Morgan fingerprint density at radius 2 is 2.00 bits per heavy atom. The Morgan fingerprint density at radius 1 is 1.19 bits per heavy atom. The first-order chi connectivity index (χ1) is 15.0. The Kier molecular flexibility index (Phi) is 7.94. The van der Waals surface area contributed by atoms with Gasteiger partial charge in [0.25, 0.3) is 5.91 Å². The van der Waals surface area contributed by atoms with Gasteiger partial charge in [-0.1, -0.05) is 23.4 Å². The van der Waals surface area contributed by atoms with E-state index in [9.17, 15) is 9.18 Å². The molecular formula is C23H25FN2O4S. The van der Waals surface area contributed by atoms with Crippen LogP contribution in [0.25, 0.3) is 0 Å². The van der Waals surface area contributed by atoms with Crippen LogP contribution in [0.5, 0.6) is 11.5 Å². The number of aryl methyl sites for hydroxylation is 2. The molecule has 0 fully saturated rings. The average molecular weight is 445 g/mol. The van der Waals surface area contributed by atoms with Crippen LogP contribution in [0.2, 0.25) is 0 Å². The molecule has 1 N–H and O–H groups in total. The van der Waals surface area contributed by atoms with Gasteiger partial charge in [-0.25, -0.2) is 4.39 Å². The molecule has 0 atom stereocenters. The number of aromatic nitrogens is 1. The van der Waals surface area contributed by atoms with Crippen molar-refractivity contribution in [1.82, 2.24) is 10.5 Å². The van der Waals surface area contributed by atoms with Gasteiger partial charge in [0.05, 0.1) is 18.4 Å². The number of carbonyl (C=O) groups excluding carboxylic acids is 1. The monoisotopic (exact) mass is 444 g/mol. The van der Waals surface area contributed by atoms with Crippen LogP contribution in [0, 0.1) is 19.7 Å². The maximum atomic E-state index is 13.6. The average Bonchev–Trinajstić information content (AvgIpc) is 3.10. The molecule has 0 unspecified atom stereocenters. The van der Waals surface area contributed by atoms with Crippen LogP contribution in [0.1, 0.15) is 32.9 Å². The van der Waals surface area contributed by atoms with Crippen LogP contribution >= 0.6 is 11.8 Å². The van der Waals surface area contributed by atoms with E-state index in [0.717, 1.165) is 11.3 Å². The number of nitrogens with one attached hydrogen (secondary N) is 1. The molecule has 0 aliphatic rings. The first kappa shape index (κ1) is 22.7. The van der Waals surface area contributed by atoms with Gasteiger partial charge in [0.1, 0.15) is 18.2 Å². The summed E-state index contributed by atoms with van der Waals surface area (Å²) in [4.78, 5) is 12.4. The lowest BCUT2D eigenvalue weighted by Gasteiger charge is -2.12. The lowest BCUT2D eigenvalue weighted by Crippen LogP contribution is -2.25. The molecule has 6 nitrogen and oxygen atoms in total. The third-order valence-corrected chi connectivity index (χ3v) is 5.73. The summed E-state index contributed by atoms with van der Waals surface area (Å²) in [5, 5.41) is 6.78. The summed E-state index contributed by atoms with van der Waals surface area (Å²) in [5.41, 5.74) is 2.80. The topological polar surface area (TPSA) is 73.6 Å². The Balaban J connectivity index is 1.50. The zero-order chi connectivity index (χ0) is 22.2. The second-order valence-electron chi connectivity index (χ2n) is 6.86. The van der Waals surface area contributed by atoms with E-state index in [1.807, 2.05) is 19.9 Å². The van der Waals surface area contributed by atoms with E-state index < -0.39 is 0 Å². The zero-order valence-electron chi connectivity index (χ0n) is 17.7. The van der Waals surface area contributed by atoms with Crippen molar-refractivity contribution >= 4 is 17.7 Å². The summed E-state index contributed by atoms with van der Waals surface area (Å²) in [6.07, 6.45) is 0. The predicted octanol–water partition coefficient (Wildman–Crippen LogP) is 4.68. The molecule has 1 amide bonds. The number of benzene rings is 2. The summed E-state index contributed by atoms with van der Waals surface area (Å²) in [5.74, 6) is 2.53. The number of rotatable bonds is 10. The summed E-state index contributed by atoms with van der Waals surface area (Å²) < 4.78 is 30.0. The van der Waals surface area contributed by atoms with E-state index in [2.05, 4.69) is 10.5 Å². The number of hydrogen-bond acceptors (Lipinski definition) is 6. The van der Waals surface area contributed by atoms with E-state index in [0.29, 0.717) is 53.0 Å². The minimum absolute atomic E-state index is 0.206. The minimum Gasteiger partial charge on any atom is -0.493 e. The van der Waals surface area contributed by atoms with E-state index in [1.165, 1.54) is 13.2 Å². The highest BCUT2D eigenvalue weighted by Crippen LogP contribution is 2.29. The second-order valence-corrected chi connectivity index (χ2v) is 7.96. The number of methoxy groups -OCH3 is 1. The molecule has 0 bridgehead atoms. The van der Waals surface area contributed by atoms with Crippen LogP contribution in [-0.2, 0) is 12.4 Å². The van der Waals surface area contributed by atoms with Crippen molar-refractivity contribution < 1.29 is 23.2 Å². The number of thioether (sulfide) groups is 1.